The molecule has 2 rings (SSSR count). The van der Waals surface area contributed by atoms with Crippen LogP contribution in [0.5, 0.6) is 0 Å². The number of nitrogens with one attached hydrogen (secondary N) is 1. The first-order chi connectivity index (χ1) is 10.4. The number of benzene rings is 1. The van der Waals surface area contributed by atoms with E-state index in [2.05, 4.69) is 15.3 Å². The van der Waals surface area contributed by atoms with Crippen molar-refractivity contribution in [2.75, 3.05) is 30.1 Å². The highest BCUT2D eigenvalue weighted by Gasteiger charge is 2.09. The molecule has 0 unspecified atom stereocenters. The van der Waals surface area contributed by atoms with Gasteiger partial charge in [0.15, 0.2) is 5.16 Å². The number of halogens is 1. The summed E-state index contributed by atoms with van der Waals surface area (Å²) in [4.78, 5) is 22.2. The number of carbonyl (C=O) groups is 1. The quantitative estimate of drug-likeness (QED) is 0.516. The fourth-order valence-electron chi connectivity index (χ4n) is 1.64. The topological polar surface area (TPSA) is 58.1 Å². The number of rotatable bonds is 5. The molecule has 116 valence electrons. The standard InChI is InChI=1S/C15H17ClN4OS/c1-10-4-6-11(7-5-10)17-14(21)9-22-15-18-12(16)8-13(19-15)20(2)3/h4-8H,9H2,1-3H3,(H,17,21). The summed E-state index contributed by atoms with van der Waals surface area (Å²) < 4.78 is 0. The van der Waals surface area contributed by atoms with E-state index in [0.29, 0.717) is 16.1 Å². The molecule has 0 saturated carbocycles. The van der Waals surface area contributed by atoms with Crippen molar-refractivity contribution >= 4 is 40.8 Å². The summed E-state index contributed by atoms with van der Waals surface area (Å²) in [7, 11) is 3.74. The maximum atomic E-state index is 11.9. The molecule has 2 aromatic rings. The molecule has 0 bridgehead atoms. The van der Waals surface area contributed by atoms with Crippen LogP contribution in [0.15, 0.2) is 35.5 Å². The zero-order valence-corrected chi connectivity index (χ0v) is 14.2. The van der Waals surface area contributed by atoms with Crippen LogP contribution in [0.3, 0.4) is 0 Å². The maximum absolute atomic E-state index is 11.9. The van der Waals surface area contributed by atoms with Gasteiger partial charge in [-0.05, 0) is 19.1 Å². The second-order valence-electron chi connectivity index (χ2n) is 4.93. The number of nitrogens with zero attached hydrogens (tertiary/aromatic N) is 3. The molecule has 1 heterocycles. The molecule has 1 aromatic heterocycles. The Labute approximate surface area is 139 Å². The van der Waals surface area contributed by atoms with Crippen molar-refractivity contribution in [3.8, 4) is 0 Å². The predicted octanol–water partition coefficient (Wildman–Crippen LogP) is 3.24. The lowest BCUT2D eigenvalue weighted by Gasteiger charge is -2.12. The van der Waals surface area contributed by atoms with Crippen LogP contribution in [0.1, 0.15) is 5.56 Å². The highest BCUT2D eigenvalue weighted by atomic mass is 35.5. The molecule has 0 aliphatic heterocycles. The number of anilines is 2. The van der Waals surface area contributed by atoms with Gasteiger partial charge in [-0.25, -0.2) is 9.97 Å². The highest BCUT2D eigenvalue weighted by Crippen LogP contribution is 2.21. The molecule has 0 saturated heterocycles. The first kappa shape index (κ1) is 16.6. The first-order valence-corrected chi connectivity index (χ1v) is 8.01. The Morgan fingerprint density at radius 2 is 1.95 bits per heavy atom. The lowest BCUT2D eigenvalue weighted by molar-refractivity contribution is -0.113. The highest BCUT2D eigenvalue weighted by molar-refractivity contribution is 7.99. The second-order valence-corrected chi connectivity index (χ2v) is 6.26. The van der Waals surface area contributed by atoms with E-state index in [0.717, 1.165) is 11.3 Å². The summed E-state index contributed by atoms with van der Waals surface area (Å²) in [6.45, 7) is 2.00. The van der Waals surface area contributed by atoms with E-state index < -0.39 is 0 Å². The summed E-state index contributed by atoms with van der Waals surface area (Å²) in [5, 5.41) is 3.68. The van der Waals surface area contributed by atoms with E-state index in [1.54, 1.807) is 6.07 Å². The summed E-state index contributed by atoms with van der Waals surface area (Å²) >= 11 is 7.21. The molecule has 0 aliphatic rings. The Bertz CT molecular complexity index is 661. The largest absolute Gasteiger partial charge is 0.363 e. The van der Waals surface area contributed by atoms with Gasteiger partial charge in [0.1, 0.15) is 11.0 Å². The molecular weight excluding hydrogens is 320 g/mol. The molecule has 1 amide bonds. The number of aryl methyl sites for hydroxylation is 1. The molecule has 0 aliphatic carbocycles. The Morgan fingerprint density at radius 1 is 1.27 bits per heavy atom. The molecule has 7 heteroatoms. The summed E-state index contributed by atoms with van der Waals surface area (Å²) in [5.41, 5.74) is 1.92. The lowest BCUT2D eigenvalue weighted by Crippen LogP contribution is -2.15. The average molecular weight is 337 g/mol. The molecular formula is C15H17ClN4OS. The number of aromatic nitrogens is 2. The minimum Gasteiger partial charge on any atom is -0.363 e. The average Bonchev–Trinajstić information content (AvgIpc) is 2.47. The van der Waals surface area contributed by atoms with E-state index in [9.17, 15) is 4.79 Å². The van der Waals surface area contributed by atoms with Crippen molar-refractivity contribution in [3.05, 3.63) is 41.0 Å². The summed E-state index contributed by atoms with van der Waals surface area (Å²) in [5.74, 6) is 0.825. The minimum atomic E-state index is -0.108. The van der Waals surface area contributed by atoms with Gasteiger partial charge in [0.05, 0.1) is 5.75 Å². The van der Waals surface area contributed by atoms with E-state index in [4.69, 9.17) is 11.6 Å². The number of hydrogen-bond acceptors (Lipinski definition) is 5. The van der Waals surface area contributed by atoms with Crippen LogP contribution in [0, 0.1) is 6.92 Å². The molecule has 1 N–H and O–H groups in total. The van der Waals surface area contributed by atoms with Crippen molar-refractivity contribution in [1.29, 1.82) is 0 Å². The number of thioether (sulfide) groups is 1. The Morgan fingerprint density at radius 3 is 2.59 bits per heavy atom. The molecule has 22 heavy (non-hydrogen) atoms. The van der Waals surface area contributed by atoms with Crippen molar-refractivity contribution in [3.63, 3.8) is 0 Å². The SMILES string of the molecule is Cc1ccc(NC(=O)CSc2nc(Cl)cc(N(C)C)n2)cc1. The zero-order chi connectivity index (χ0) is 16.1. The van der Waals surface area contributed by atoms with Gasteiger partial charge in [0.2, 0.25) is 5.91 Å². The van der Waals surface area contributed by atoms with E-state index in [1.165, 1.54) is 11.8 Å². The second kappa shape index (κ2) is 7.47. The van der Waals surface area contributed by atoms with Gasteiger partial charge in [-0.1, -0.05) is 41.1 Å². The number of carbonyl (C=O) groups excluding carboxylic acids is 1. The lowest BCUT2D eigenvalue weighted by atomic mass is 10.2. The third-order valence-corrected chi connectivity index (χ3v) is 3.83. The van der Waals surface area contributed by atoms with Gasteiger partial charge in [0, 0.05) is 25.8 Å². The fraction of sp³-hybridized carbons (Fsp3) is 0.267. The van der Waals surface area contributed by atoms with Gasteiger partial charge < -0.3 is 10.2 Å². The molecule has 0 spiro atoms. The van der Waals surface area contributed by atoms with Crippen molar-refractivity contribution in [1.82, 2.24) is 9.97 Å². The Balaban J connectivity index is 1.94. The van der Waals surface area contributed by atoms with E-state index in [1.807, 2.05) is 50.2 Å². The summed E-state index contributed by atoms with van der Waals surface area (Å²) in [6, 6.07) is 9.33. The van der Waals surface area contributed by atoms with Gasteiger partial charge in [-0.2, -0.15) is 0 Å². The van der Waals surface area contributed by atoms with Gasteiger partial charge in [-0.3, -0.25) is 4.79 Å². The van der Waals surface area contributed by atoms with Gasteiger partial charge in [-0.15, -0.1) is 0 Å². The Kier molecular flexibility index (Phi) is 5.63. The number of amides is 1. The smallest absolute Gasteiger partial charge is 0.234 e. The molecule has 1 aromatic carbocycles. The van der Waals surface area contributed by atoms with Crippen LogP contribution in [0.4, 0.5) is 11.5 Å². The third-order valence-electron chi connectivity index (χ3n) is 2.79. The first-order valence-electron chi connectivity index (χ1n) is 6.65. The van der Waals surface area contributed by atoms with Crippen LogP contribution in [0.25, 0.3) is 0 Å². The Hall–Kier alpha value is -1.79. The predicted molar refractivity (Wildman–Crippen MR) is 91.9 cm³/mol. The summed E-state index contributed by atoms with van der Waals surface area (Å²) in [6.07, 6.45) is 0. The monoisotopic (exact) mass is 336 g/mol. The molecule has 5 nitrogen and oxygen atoms in total. The van der Waals surface area contributed by atoms with Crippen LogP contribution >= 0.6 is 23.4 Å². The van der Waals surface area contributed by atoms with E-state index >= 15 is 0 Å². The fourth-order valence-corrected chi connectivity index (χ4v) is 2.52. The third kappa shape index (κ3) is 4.89. The normalized spacial score (nSPS) is 10.4. The van der Waals surface area contributed by atoms with Gasteiger partial charge >= 0.3 is 0 Å². The van der Waals surface area contributed by atoms with Crippen LogP contribution < -0.4 is 10.2 Å². The van der Waals surface area contributed by atoms with Gasteiger partial charge in [0.25, 0.3) is 0 Å². The van der Waals surface area contributed by atoms with Crippen molar-refractivity contribution in [2.45, 2.75) is 12.1 Å². The van der Waals surface area contributed by atoms with Crippen LogP contribution in [0.2, 0.25) is 5.15 Å². The number of hydrogen-bond donors (Lipinski definition) is 1. The van der Waals surface area contributed by atoms with Crippen molar-refractivity contribution in [2.24, 2.45) is 0 Å². The van der Waals surface area contributed by atoms with E-state index in [-0.39, 0.29) is 11.7 Å². The molecule has 0 fully saturated rings. The van der Waals surface area contributed by atoms with Crippen molar-refractivity contribution < 1.29 is 4.79 Å². The van der Waals surface area contributed by atoms with Crippen LogP contribution in [-0.2, 0) is 4.79 Å². The molecule has 0 radical (unpaired) electrons. The van der Waals surface area contributed by atoms with Crippen LogP contribution in [-0.4, -0.2) is 35.7 Å². The minimum absolute atomic E-state index is 0.108. The molecule has 0 atom stereocenters. The maximum Gasteiger partial charge on any atom is 0.234 e. The zero-order valence-electron chi connectivity index (χ0n) is 12.6.